The zero-order valence-electron chi connectivity index (χ0n) is 15.7. The molecule has 0 spiro atoms. The molecule has 2 aromatic heterocycles. The van der Waals surface area contributed by atoms with Crippen LogP contribution in [0.3, 0.4) is 0 Å². The van der Waals surface area contributed by atoms with Gasteiger partial charge >= 0.3 is 0 Å². The minimum absolute atomic E-state index is 0.0607. The monoisotopic (exact) mass is 347 g/mol. The average Bonchev–Trinajstić information content (AvgIpc) is 3.11. The largest absolute Gasteiger partial charge is 0.467 e. The first-order chi connectivity index (χ1) is 11.8. The van der Waals surface area contributed by atoms with Crippen LogP contribution in [-0.2, 0) is 17.8 Å². The summed E-state index contributed by atoms with van der Waals surface area (Å²) >= 11 is 0. The first-order valence-corrected chi connectivity index (χ1v) is 8.81. The molecule has 2 rings (SSSR count). The van der Waals surface area contributed by atoms with Crippen LogP contribution in [0.5, 0.6) is 0 Å². The summed E-state index contributed by atoms with van der Waals surface area (Å²) in [7, 11) is 0. The minimum Gasteiger partial charge on any atom is -0.467 e. The molecule has 25 heavy (non-hydrogen) atoms. The Labute approximate surface area is 149 Å². The molecule has 2 unspecified atom stereocenters. The van der Waals surface area contributed by atoms with Gasteiger partial charge in [-0.15, -0.1) is 0 Å². The van der Waals surface area contributed by atoms with E-state index >= 15 is 0 Å². The van der Waals surface area contributed by atoms with Crippen molar-refractivity contribution in [2.45, 2.75) is 66.2 Å². The molecule has 2 heterocycles. The van der Waals surface area contributed by atoms with Crippen LogP contribution in [0.2, 0.25) is 0 Å². The first kappa shape index (κ1) is 19.2. The molecule has 0 aliphatic carbocycles. The Bertz CT molecular complexity index is 689. The number of nitrogens with one attached hydrogen (secondary N) is 1. The number of aromatic nitrogens is 2. The molecule has 0 bridgehead atoms. The number of aliphatic hydroxyl groups excluding tert-OH is 1. The SMILES string of the molecule is Cc1nn(CC(C)C)c(C)c1CC(=O)NC(C)CC(O)c1ccco1. The van der Waals surface area contributed by atoms with Crippen LogP contribution in [0.25, 0.3) is 0 Å². The lowest BCUT2D eigenvalue weighted by molar-refractivity contribution is -0.121. The highest BCUT2D eigenvalue weighted by Crippen LogP contribution is 2.19. The summed E-state index contributed by atoms with van der Waals surface area (Å²) in [6.45, 7) is 11.0. The van der Waals surface area contributed by atoms with E-state index in [1.54, 1.807) is 12.1 Å². The fourth-order valence-electron chi connectivity index (χ4n) is 2.99. The maximum atomic E-state index is 12.4. The summed E-state index contributed by atoms with van der Waals surface area (Å²) in [6, 6.07) is 3.32. The van der Waals surface area contributed by atoms with Crippen molar-refractivity contribution in [3.05, 3.63) is 41.1 Å². The van der Waals surface area contributed by atoms with Crippen LogP contribution in [0.4, 0.5) is 0 Å². The molecule has 0 saturated heterocycles. The minimum atomic E-state index is -0.720. The third kappa shape index (κ3) is 5.19. The van der Waals surface area contributed by atoms with Crippen LogP contribution >= 0.6 is 0 Å². The summed E-state index contributed by atoms with van der Waals surface area (Å²) in [6.07, 6.45) is 1.52. The fraction of sp³-hybridized carbons (Fsp3) is 0.579. The summed E-state index contributed by atoms with van der Waals surface area (Å²) in [4.78, 5) is 12.4. The van der Waals surface area contributed by atoms with Gasteiger partial charge in [-0.25, -0.2) is 0 Å². The predicted molar refractivity (Wildman–Crippen MR) is 96.1 cm³/mol. The van der Waals surface area contributed by atoms with Crippen LogP contribution in [-0.4, -0.2) is 26.8 Å². The fourth-order valence-corrected chi connectivity index (χ4v) is 2.99. The van der Waals surface area contributed by atoms with E-state index in [1.807, 2.05) is 25.5 Å². The number of hydrogen-bond donors (Lipinski definition) is 2. The molecular formula is C19H29N3O3. The Kier molecular flexibility index (Phi) is 6.42. The average molecular weight is 347 g/mol. The molecule has 0 aliphatic rings. The molecule has 6 heteroatoms. The standard InChI is InChI=1S/C19H29N3O3/c1-12(2)11-22-15(5)16(14(4)21-22)10-19(24)20-13(3)9-17(23)18-7-6-8-25-18/h6-8,12-13,17,23H,9-11H2,1-5H3,(H,20,24). The Morgan fingerprint density at radius 3 is 2.68 bits per heavy atom. The molecule has 0 aliphatic heterocycles. The van der Waals surface area contributed by atoms with Gasteiger partial charge in [0.15, 0.2) is 0 Å². The molecule has 0 saturated carbocycles. The van der Waals surface area contributed by atoms with E-state index < -0.39 is 6.10 Å². The molecule has 2 N–H and O–H groups in total. The van der Waals surface area contributed by atoms with Crippen molar-refractivity contribution >= 4 is 5.91 Å². The van der Waals surface area contributed by atoms with E-state index in [9.17, 15) is 9.90 Å². The van der Waals surface area contributed by atoms with Crippen molar-refractivity contribution < 1.29 is 14.3 Å². The number of furan rings is 1. The van der Waals surface area contributed by atoms with Gasteiger partial charge in [0.05, 0.1) is 18.4 Å². The van der Waals surface area contributed by atoms with Crippen LogP contribution in [0.1, 0.15) is 56.0 Å². The van der Waals surface area contributed by atoms with Crippen molar-refractivity contribution in [1.82, 2.24) is 15.1 Å². The lowest BCUT2D eigenvalue weighted by Gasteiger charge is -2.17. The molecule has 0 fully saturated rings. The van der Waals surface area contributed by atoms with Gasteiger partial charge in [-0.2, -0.15) is 5.10 Å². The first-order valence-electron chi connectivity index (χ1n) is 8.81. The van der Waals surface area contributed by atoms with Crippen LogP contribution < -0.4 is 5.32 Å². The molecular weight excluding hydrogens is 318 g/mol. The van der Waals surface area contributed by atoms with Gasteiger partial charge in [0, 0.05) is 30.3 Å². The van der Waals surface area contributed by atoms with Crippen LogP contribution in [0.15, 0.2) is 22.8 Å². The third-order valence-electron chi connectivity index (χ3n) is 4.26. The van der Waals surface area contributed by atoms with Gasteiger partial charge in [0.1, 0.15) is 11.9 Å². The Balaban J connectivity index is 1.92. The highest BCUT2D eigenvalue weighted by Gasteiger charge is 2.19. The normalized spacial score (nSPS) is 13.9. The van der Waals surface area contributed by atoms with E-state index in [-0.39, 0.29) is 11.9 Å². The highest BCUT2D eigenvalue weighted by atomic mass is 16.4. The van der Waals surface area contributed by atoms with Gasteiger partial charge < -0.3 is 14.8 Å². The van der Waals surface area contributed by atoms with Crippen LogP contribution in [0, 0.1) is 19.8 Å². The molecule has 2 aromatic rings. The van der Waals surface area contributed by atoms with E-state index in [0.29, 0.717) is 24.5 Å². The number of carbonyl (C=O) groups excluding carboxylic acids is 1. The zero-order valence-corrected chi connectivity index (χ0v) is 15.7. The van der Waals surface area contributed by atoms with Gasteiger partial charge in [-0.3, -0.25) is 9.48 Å². The number of aryl methyl sites for hydroxylation is 1. The zero-order chi connectivity index (χ0) is 18.6. The summed E-state index contributed by atoms with van der Waals surface area (Å²) < 4.78 is 7.17. The number of aliphatic hydroxyl groups is 1. The van der Waals surface area contributed by atoms with Crippen molar-refractivity contribution in [3.8, 4) is 0 Å². The third-order valence-corrected chi connectivity index (χ3v) is 4.26. The van der Waals surface area contributed by atoms with Crippen molar-refractivity contribution in [2.75, 3.05) is 0 Å². The van der Waals surface area contributed by atoms with E-state index in [2.05, 4.69) is 24.3 Å². The number of nitrogens with zero attached hydrogens (tertiary/aromatic N) is 2. The van der Waals surface area contributed by atoms with Crippen molar-refractivity contribution in [1.29, 1.82) is 0 Å². The van der Waals surface area contributed by atoms with E-state index in [1.165, 1.54) is 6.26 Å². The highest BCUT2D eigenvalue weighted by molar-refractivity contribution is 5.79. The smallest absolute Gasteiger partial charge is 0.224 e. The molecule has 0 radical (unpaired) electrons. The second-order valence-corrected chi connectivity index (χ2v) is 7.14. The lowest BCUT2D eigenvalue weighted by atomic mass is 10.1. The molecule has 1 amide bonds. The number of rotatable bonds is 8. The van der Waals surface area contributed by atoms with E-state index in [4.69, 9.17) is 4.42 Å². The Morgan fingerprint density at radius 2 is 2.08 bits per heavy atom. The summed E-state index contributed by atoms with van der Waals surface area (Å²) in [5, 5.41) is 17.6. The predicted octanol–water partition coefficient (Wildman–Crippen LogP) is 2.92. The van der Waals surface area contributed by atoms with Gasteiger partial charge in [-0.05, 0) is 38.8 Å². The summed E-state index contributed by atoms with van der Waals surface area (Å²) in [5.74, 6) is 0.958. The van der Waals surface area contributed by atoms with Crippen molar-refractivity contribution in [3.63, 3.8) is 0 Å². The quantitative estimate of drug-likeness (QED) is 0.769. The van der Waals surface area contributed by atoms with Gasteiger partial charge in [0.25, 0.3) is 0 Å². The summed E-state index contributed by atoms with van der Waals surface area (Å²) in [5.41, 5.74) is 2.93. The Hall–Kier alpha value is -2.08. The maximum absolute atomic E-state index is 12.4. The lowest BCUT2D eigenvalue weighted by Crippen LogP contribution is -2.35. The molecule has 2 atom stereocenters. The Morgan fingerprint density at radius 1 is 1.36 bits per heavy atom. The number of hydrogen-bond acceptors (Lipinski definition) is 4. The topological polar surface area (TPSA) is 80.3 Å². The van der Waals surface area contributed by atoms with Gasteiger partial charge in [-0.1, -0.05) is 13.8 Å². The van der Waals surface area contributed by atoms with E-state index in [0.717, 1.165) is 23.5 Å². The van der Waals surface area contributed by atoms with Crippen molar-refractivity contribution in [2.24, 2.45) is 5.92 Å². The number of carbonyl (C=O) groups is 1. The molecule has 6 nitrogen and oxygen atoms in total. The second kappa shape index (κ2) is 8.34. The number of amides is 1. The molecule has 0 aromatic carbocycles. The molecule has 138 valence electrons. The second-order valence-electron chi connectivity index (χ2n) is 7.14. The maximum Gasteiger partial charge on any atom is 0.224 e. The van der Waals surface area contributed by atoms with Gasteiger partial charge in [0.2, 0.25) is 5.91 Å².